The lowest BCUT2D eigenvalue weighted by Crippen LogP contribution is -2.49. The zero-order valence-electron chi connectivity index (χ0n) is 16.6. The number of anilines is 1. The van der Waals surface area contributed by atoms with E-state index in [0.29, 0.717) is 11.4 Å². The Bertz CT molecular complexity index is 843. The van der Waals surface area contributed by atoms with Gasteiger partial charge in [-0.15, -0.1) is 0 Å². The van der Waals surface area contributed by atoms with E-state index >= 15 is 0 Å². The van der Waals surface area contributed by atoms with Crippen molar-refractivity contribution in [1.82, 2.24) is 9.88 Å². The normalized spacial score (nSPS) is 19.7. The summed E-state index contributed by atoms with van der Waals surface area (Å²) in [7, 11) is 0. The number of carbonyl (C=O) groups is 1. The van der Waals surface area contributed by atoms with Crippen molar-refractivity contribution < 1.29 is 9.53 Å². The molecule has 2 fully saturated rings. The lowest BCUT2D eigenvalue weighted by atomic mass is 10.1. The predicted molar refractivity (Wildman–Crippen MR) is 115 cm³/mol. The van der Waals surface area contributed by atoms with E-state index in [4.69, 9.17) is 4.74 Å². The van der Waals surface area contributed by atoms with Gasteiger partial charge < -0.3 is 14.5 Å². The molecule has 4 rings (SSSR count). The van der Waals surface area contributed by atoms with E-state index in [-0.39, 0.29) is 12.0 Å². The molecule has 28 heavy (non-hydrogen) atoms. The molecular weight excluding hydrogens is 370 g/mol. The largest absolute Gasteiger partial charge is 0.473 e. The molecule has 6 heteroatoms. The number of hydrogen-bond acceptors (Lipinski definition) is 5. The van der Waals surface area contributed by atoms with Gasteiger partial charge in [-0.2, -0.15) is 11.8 Å². The summed E-state index contributed by atoms with van der Waals surface area (Å²) in [5.74, 6) is 2.76. The predicted octanol–water partition coefficient (Wildman–Crippen LogP) is 3.55. The van der Waals surface area contributed by atoms with Crippen LogP contribution in [0.2, 0.25) is 0 Å². The second kappa shape index (κ2) is 8.43. The first kappa shape index (κ1) is 19.1. The van der Waals surface area contributed by atoms with E-state index in [1.165, 1.54) is 16.8 Å². The quantitative estimate of drug-likeness (QED) is 0.790. The van der Waals surface area contributed by atoms with Crippen molar-refractivity contribution in [1.29, 1.82) is 0 Å². The van der Waals surface area contributed by atoms with Gasteiger partial charge in [-0.1, -0.05) is 12.1 Å². The molecule has 0 bridgehead atoms. The van der Waals surface area contributed by atoms with Gasteiger partial charge in [-0.3, -0.25) is 4.79 Å². The van der Waals surface area contributed by atoms with Gasteiger partial charge in [0.25, 0.3) is 5.91 Å². The van der Waals surface area contributed by atoms with Gasteiger partial charge in [-0.25, -0.2) is 4.98 Å². The van der Waals surface area contributed by atoms with Gasteiger partial charge in [0.15, 0.2) is 0 Å². The van der Waals surface area contributed by atoms with Gasteiger partial charge in [0.05, 0.1) is 0 Å². The van der Waals surface area contributed by atoms with Gasteiger partial charge >= 0.3 is 0 Å². The summed E-state index contributed by atoms with van der Waals surface area (Å²) < 4.78 is 5.94. The Morgan fingerprint density at radius 2 is 1.96 bits per heavy atom. The first-order valence-electron chi connectivity index (χ1n) is 9.92. The highest BCUT2D eigenvalue weighted by atomic mass is 32.2. The summed E-state index contributed by atoms with van der Waals surface area (Å²) in [6, 6.07) is 10.1. The highest BCUT2D eigenvalue weighted by Crippen LogP contribution is 2.25. The second-order valence-corrected chi connectivity index (χ2v) is 8.71. The maximum absolute atomic E-state index is 13.0. The number of aryl methyl sites for hydroxylation is 2. The van der Waals surface area contributed by atoms with Gasteiger partial charge in [-0.05, 0) is 49.3 Å². The maximum Gasteiger partial charge on any atom is 0.254 e. The van der Waals surface area contributed by atoms with E-state index in [9.17, 15) is 4.79 Å². The first-order valence-corrected chi connectivity index (χ1v) is 11.1. The van der Waals surface area contributed by atoms with Crippen molar-refractivity contribution in [2.45, 2.75) is 26.4 Å². The Morgan fingerprint density at radius 1 is 1.14 bits per heavy atom. The summed E-state index contributed by atoms with van der Waals surface area (Å²) in [6.07, 6.45) is 2.94. The Labute approximate surface area is 171 Å². The minimum atomic E-state index is 0.0636. The molecule has 0 spiro atoms. The average molecular weight is 398 g/mol. The van der Waals surface area contributed by atoms with Crippen LogP contribution in [0.3, 0.4) is 0 Å². The molecule has 0 unspecified atom stereocenters. The van der Waals surface area contributed by atoms with E-state index in [1.54, 1.807) is 18.3 Å². The topological polar surface area (TPSA) is 45.7 Å². The van der Waals surface area contributed by atoms with Crippen LogP contribution in [0.5, 0.6) is 5.88 Å². The number of thioether (sulfide) groups is 1. The van der Waals surface area contributed by atoms with Crippen LogP contribution < -0.4 is 9.64 Å². The number of hydrogen-bond donors (Lipinski definition) is 0. The third kappa shape index (κ3) is 4.27. The van der Waals surface area contributed by atoms with E-state index in [2.05, 4.69) is 41.9 Å². The zero-order chi connectivity index (χ0) is 19.5. The third-order valence-corrected chi connectivity index (χ3v) is 6.56. The maximum atomic E-state index is 13.0. The van der Waals surface area contributed by atoms with Crippen molar-refractivity contribution in [2.24, 2.45) is 0 Å². The lowest BCUT2D eigenvalue weighted by Gasteiger charge is -2.37. The molecule has 2 aliphatic rings. The lowest BCUT2D eigenvalue weighted by molar-refractivity contribution is 0.0745. The Kier molecular flexibility index (Phi) is 5.76. The fraction of sp³-hybridized carbons (Fsp3) is 0.455. The highest BCUT2D eigenvalue weighted by Gasteiger charge is 2.24. The number of carbonyl (C=O) groups excluding carboxylic acids is 1. The Morgan fingerprint density at radius 3 is 2.71 bits per heavy atom. The average Bonchev–Trinajstić information content (AvgIpc) is 3.23. The first-order chi connectivity index (χ1) is 13.6. The second-order valence-electron chi connectivity index (χ2n) is 7.56. The number of nitrogens with zero attached hydrogens (tertiary/aromatic N) is 3. The van der Waals surface area contributed by atoms with Crippen LogP contribution in [0.1, 0.15) is 27.9 Å². The molecule has 2 saturated heterocycles. The molecule has 3 heterocycles. The molecule has 2 aliphatic heterocycles. The number of ether oxygens (including phenoxy) is 1. The van der Waals surface area contributed by atoms with Crippen LogP contribution in [0.25, 0.3) is 0 Å². The molecule has 0 radical (unpaired) electrons. The highest BCUT2D eigenvalue weighted by molar-refractivity contribution is 7.99. The van der Waals surface area contributed by atoms with Gasteiger partial charge in [0.2, 0.25) is 5.88 Å². The number of rotatable bonds is 4. The third-order valence-electron chi connectivity index (χ3n) is 5.43. The van der Waals surface area contributed by atoms with Crippen LogP contribution >= 0.6 is 11.8 Å². The zero-order valence-corrected chi connectivity index (χ0v) is 17.4. The van der Waals surface area contributed by atoms with Gasteiger partial charge in [0, 0.05) is 55.4 Å². The Hall–Kier alpha value is -2.21. The Balaban J connectivity index is 1.39. The fourth-order valence-corrected chi connectivity index (χ4v) is 4.87. The summed E-state index contributed by atoms with van der Waals surface area (Å²) in [6.45, 7) is 7.42. The smallest absolute Gasteiger partial charge is 0.254 e. The van der Waals surface area contributed by atoms with Crippen LogP contribution in [0.15, 0.2) is 36.5 Å². The van der Waals surface area contributed by atoms with Crippen molar-refractivity contribution in [3.63, 3.8) is 0 Å². The van der Waals surface area contributed by atoms with Crippen molar-refractivity contribution >= 4 is 23.4 Å². The molecule has 1 amide bonds. The van der Waals surface area contributed by atoms with Crippen LogP contribution in [-0.4, -0.2) is 59.6 Å². The molecule has 1 atom stereocenters. The van der Waals surface area contributed by atoms with Gasteiger partial charge in [0.1, 0.15) is 6.10 Å². The molecule has 148 valence electrons. The number of piperazine rings is 1. The number of benzene rings is 1. The standard InChI is InChI=1S/C22H27N3O2S/c1-16-3-4-17(2)20(13-16)24-8-10-25(11-9-24)22(26)18-5-7-23-21(14-18)27-19-6-12-28-15-19/h3-5,7,13-14,19H,6,8-12,15H2,1-2H3/t19-/m1/s1. The summed E-state index contributed by atoms with van der Waals surface area (Å²) in [5.41, 5.74) is 4.49. The number of pyridine rings is 1. The summed E-state index contributed by atoms with van der Waals surface area (Å²) in [4.78, 5) is 21.6. The monoisotopic (exact) mass is 397 g/mol. The molecule has 0 aliphatic carbocycles. The molecule has 5 nitrogen and oxygen atoms in total. The van der Waals surface area contributed by atoms with E-state index in [0.717, 1.165) is 44.1 Å². The van der Waals surface area contributed by atoms with Crippen LogP contribution in [0.4, 0.5) is 5.69 Å². The molecule has 0 N–H and O–H groups in total. The number of aromatic nitrogens is 1. The molecular formula is C22H27N3O2S. The van der Waals surface area contributed by atoms with Crippen molar-refractivity contribution in [3.8, 4) is 5.88 Å². The summed E-state index contributed by atoms with van der Waals surface area (Å²) >= 11 is 1.90. The molecule has 1 aromatic carbocycles. The van der Waals surface area contributed by atoms with Crippen LogP contribution in [-0.2, 0) is 0 Å². The van der Waals surface area contributed by atoms with Crippen LogP contribution in [0, 0.1) is 13.8 Å². The SMILES string of the molecule is Cc1ccc(C)c(N2CCN(C(=O)c3ccnc(O[C@@H]4CCSC4)c3)CC2)c1. The van der Waals surface area contributed by atoms with E-state index in [1.807, 2.05) is 16.7 Å². The minimum Gasteiger partial charge on any atom is -0.473 e. The minimum absolute atomic E-state index is 0.0636. The van der Waals surface area contributed by atoms with Crippen molar-refractivity contribution in [2.75, 3.05) is 42.6 Å². The fourth-order valence-electron chi connectivity index (χ4n) is 3.78. The molecule has 2 aromatic rings. The summed E-state index contributed by atoms with van der Waals surface area (Å²) in [5, 5.41) is 0. The van der Waals surface area contributed by atoms with E-state index < -0.39 is 0 Å². The van der Waals surface area contributed by atoms with Crippen molar-refractivity contribution in [3.05, 3.63) is 53.2 Å². The number of amides is 1. The molecule has 1 aromatic heterocycles. The molecule has 0 saturated carbocycles.